The molecule has 1 saturated carbocycles. The van der Waals surface area contributed by atoms with Crippen molar-refractivity contribution in [3.63, 3.8) is 0 Å². The van der Waals surface area contributed by atoms with E-state index in [1.165, 1.54) is 12.8 Å². The number of nitrogens with zero attached hydrogens (tertiary/aromatic N) is 2. The number of halogens is 1. The molecule has 2 aromatic rings. The average Bonchev–Trinajstić information content (AvgIpc) is 3.17. The topological polar surface area (TPSA) is 37.8 Å². The highest BCUT2D eigenvalue weighted by Crippen LogP contribution is 2.48. The van der Waals surface area contributed by atoms with Crippen LogP contribution in [0.3, 0.4) is 0 Å². The molecule has 0 radical (unpaired) electrons. The number of nitrogens with one attached hydrogen (secondary N) is 1. The van der Waals surface area contributed by atoms with Crippen molar-refractivity contribution in [2.24, 2.45) is 5.41 Å². The first kappa shape index (κ1) is 11.7. The van der Waals surface area contributed by atoms with E-state index in [1.54, 1.807) is 0 Å². The summed E-state index contributed by atoms with van der Waals surface area (Å²) in [6.45, 7) is 0.929. The molecule has 1 heterocycles. The van der Waals surface area contributed by atoms with Crippen molar-refractivity contribution in [3.8, 4) is 0 Å². The van der Waals surface area contributed by atoms with E-state index in [-0.39, 0.29) is 0 Å². The van der Waals surface area contributed by atoms with Gasteiger partial charge in [0.2, 0.25) is 5.95 Å². The summed E-state index contributed by atoms with van der Waals surface area (Å²) in [5, 5.41) is 4.42. The molecule has 1 aromatic carbocycles. The Morgan fingerprint density at radius 2 is 2.11 bits per heavy atom. The second-order valence-corrected chi connectivity index (χ2v) is 5.42. The molecule has 1 aliphatic carbocycles. The van der Waals surface area contributed by atoms with Crippen molar-refractivity contribution in [3.05, 3.63) is 30.5 Å². The summed E-state index contributed by atoms with van der Waals surface area (Å²) in [6, 6.07) is 8.02. The Morgan fingerprint density at radius 3 is 2.89 bits per heavy atom. The molecule has 3 nitrogen and oxygen atoms in total. The zero-order valence-electron chi connectivity index (χ0n) is 10.2. The first-order chi connectivity index (χ1) is 8.81. The second kappa shape index (κ2) is 4.73. The van der Waals surface area contributed by atoms with Crippen LogP contribution in [-0.2, 0) is 0 Å². The third-order valence-corrected chi connectivity index (χ3v) is 3.88. The molecule has 0 amide bonds. The first-order valence-corrected chi connectivity index (χ1v) is 6.86. The van der Waals surface area contributed by atoms with Crippen LogP contribution in [0.4, 0.5) is 5.95 Å². The van der Waals surface area contributed by atoms with Gasteiger partial charge in [0, 0.05) is 24.0 Å². The predicted octanol–water partition coefficient (Wildman–Crippen LogP) is 3.45. The second-order valence-electron chi connectivity index (χ2n) is 5.04. The van der Waals surface area contributed by atoms with Gasteiger partial charge in [0.1, 0.15) is 0 Å². The van der Waals surface area contributed by atoms with Crippen LogP contribution in [0.2, 0.25) is 0 Å². The van der Waals surface area contributed by atoms with Crippen molar-refractivity contribution < 1.29 is 0 Å². The van der Waals surface area contributed by atoms with Crippen molar-refractivity contribution in [2.45, 2.75) is 19.3 Å². The molecular weight excluding hydrogens is 246 g/mol. The van der Waals surface area contributed by atoms with Crippen LogP contribution in [0.5, 0.6) is 0 Å². The Hall–Kier alpha value is -1.35. The maximum Gasteiger partial charge on any atom is 0.223 e. The molecule has 4 heteroatoms. The van der Waals surface area contributed by atoms with Gasteiger partial charge in [0.25, 0.3) is 0 Å². The van der Waals surface area contributed by atoms with Gasteiger partial charge in [0.15, 0.2) is 0 Å². The van der Waals surface area contributed by atoms with E-state index in [0.29, 0.717) is 5.41 Å². The molecule has 94 valence electrons. The average molecular weight is 262 g/mol. The fourth-order valence-electron chi connectivity index (χ4n) is 2.22. The highest BCUT2D eigenvalue weighted by molar-refractivity contribution is 6.17. The van der Waals surface area contributed by atoms with E-state index in [0.717, 1.165) is 35.7 Å². The summed E-state index contributed by atoms with van der Waals surface area (Å²) < 4.78 is 0. The third-order valence-electron chi connectivity index (χ3n) is 3.69. The Labute approximate surface area is 112 Å². The largest absolute Gasteiger partial charge is 0.354 e. The number of rotatable bonds is 5. The lowest BCUT2D eigenvalue weighted by atomic mass is 10.0. The van der Waals surface area contributed by atoms with Gasteiger partial charge in [-0.05, 0) is 30.7 Å². The standard InChI is InChI=1S/C14H16ClN3/c15-8-7-14(5-6-14)10-17-13-16-9-11-3-1-2-4-12(11)18-13/h1-4,9H,5-8,10H2,(H,16,17,18). The molecule has 3 rings (SSSR count). The normalized spacial score (nSPS) is 16.7. The number of hydrogen-bond donors (Lipinski definition) is 1. The minimum atomic E-state index is 0.400. The molecule has 1 aliphatic rings. The van der Waals surface area contributed by atoms with E-state index in [4.69, 9.17) is 11.6 Å². The maximum atomic E-state index is 5.83. The lowest BCUT2D eigenvalue weighted by Gasteiger charge is -2.14. The molecule has 0 aliphatic heterocycles. The minimum absolute atomic E-state index is 0.400. The summed E-state index contributed by atoms with van der Waals surface area (Å²) in [4.78, 5) is 8.85. The van der Waals surface area contributed by atoms with Crippen LogP contribution in [-0.4, -0.2) is 22.4 Å². The van der Waals surface area contributed by atoms with E-state index in [1.807, 2.05) is 30.5 Å². The maximum absolute atomic E-state index is 5.83. The number of aromatic nitrogens is 2. The zero-order valence-corrected chi connectivity index (χ0v) is 11.0. The van der Waals surface area contributed by atoms with Gasteiger partial charge in [0.05, 0.1) is 5.52 Å². The van der Waals surface area contributed by atoms with E-state index >= 15 is 0 Å². The Kier molecular flexibility index (Phi) is 3.08. The van der Waals surface area contributed by atoms with Gasteiger partial charge in [-0.3, -0.25) is 0 Å². The number of hydrogen-bond acceptors (Lipinski definition) is 3. The third kappa shape index (κ3) is 2.41. The molecule has 0 bridgehead atoms. The molecule has 1 fully saturated rings. The van der Waals surface area contributed by atoms with E-state index in [9.17, 15) is 0 Å². The fraction of sp³-hybridized carbons (Fsp3) is 0.429. The summed E-state index contributed by atoms with van der Waals surface area (Å²) in [5.41, 5.74) is 1.38. The molecule has 0 unspecified atom stereocenters. The number of anilines is 1. The Morgan fingerprint density at radius 1 is 1.28 bits per heavy atom. The van der Waals surface area contributed by atoms with Crippen LogP contribution in [0.25, 0.3) is 10.9 Å². The monoisotopic (exact) mass is 261 g/mol. The van der Waals surface area contributed by atoms with E-state index in [2.05, 4.69) is 15.3 Å². The summed E-state index contributed by atoms with van der Waals surface area (Å²) in [7, 11) is 0. The van der Waals surface area contributed by atoms with Gasteiger partial charge < -0.3 is 5.32 Å². The fourth-order valence-corrected chi connectivity index (χ4v) is 2.62. The minimum Gasteiger partial charge on any atom is -0.354 e. The summed E-state index contributed by atoms with van der Waals surface area (Å²) in [6.07, 6.45) is 5.47. The van der Waals surface area contributed by atoms with Crippen molar-refractivity contribution in [1.82, 2.24) is 9.97 Å². The van der Waals surface area contributed by atoms with Gasteiger partial charge in [-0.25, -0.2) is 9.97 Å². The number of fused-ring (bicyclic) bond motifs is 1. The molecule has 1 aromatic heterocycles. The molecule has 0 saturated heterocycles. The molecule has 0 atom stereocenters. The first-order valence-electron chi connectivity index (χ1n) is 6.33. The lowest BCUT2D eigenvalue weighted by molar-refractivity contribution is 0.523. The van der Waals surface area contributed by atoms with Crippen LogP contribution in [0.1, 0.15) is 19.3 Å². The predicted molar refractivity (Wildman–Crippen MR) is 75.0 cm³/mol. The van der Waals surface area contributed by atoms with Gasteiger partial charge >= 0.3 is 0 Å². The van der Waals surface area contributed by atoms with E-state index < -0.39 is 0 Å². The highest BCUT2D eigenvalue weighted by Gasteiger charge is 2.41. The quantitative estimate of drug-likeness (QED) is 0.838. The van der Waals surface area contributed by atoms with Gasteiger partial charge in [-0.1, -0.05) is 18.2 Å². The van der Waals surface area contributed by atoms with Crippen LogP contribution < -0.4 is 5.32 Å². The van der Waals surface area contributed by atoms with Gasteiger partial charge in [-0.15, -0.1) is 11.6 Å². The molecule has 1 N–H and O–H groups in total. The van der Waals surface area contributed by atoms with Gasteiger partial charge in [-0.2, -0.15) is 0 Å². The Bertz CT molecular complexity index is 551. The van der Waals surface area contributed by atoms with Crippen LogP contribution in [0.15, 0.2) is 30.5 Å². The number of benzene rings is 1. The SMILES string of the molecule is ClCCC1(CNc2ncc3ccccc3n2)CC1. The summed E-state index contributed by atoms with van der Waals surface area (Å²) in [5.74, 6) is 1.45. The molecule has 18 heavy (non-hydrogen) atoms. The molecular formula is C14H16ClN3. The van der Waals surface area contributed by atoms with Crippen LogP contribution >= 0.6 is 11.6 Å². The smallest absolute Gasteiger partial charge is 0.223 e. The van der Waals surface area contributed by atoms with Crippen molar-refractivity contribution >= 4 is 28.5 Å². The summed E-state index contributed by atoms with van der Waals surface area (Å²) >= 11 is 5.83. The Balaban J connectivity index is 1.71. The molecule has 0 spiro atoms. The van der Waals surface area contributed by atoms with Crippen molar-refractivity contribution in [1.29, 1.82) is 0 Å². The zero-order chi connectivity index (χ0) is 12.4. The number of alkyl halides is 1. The van der Waals surface area contributed by atoms with Crippen LogP contribution in [0, 0.1) is 5.41 Å². The highest BCUT2D eigenvalue weighted by atomic mass is 35.5. The van der Waals surface area contributed by atoms with Crippen molar-refractivity contribution in [2.75, 3.05) is 17.7 Å². The lowest BCUT2D eigenvalue weighted by Crippen LogP contribution is -2.17. The number of para-hydroxylation sites is 1.